The summed E-state index contributed by atoms with van der Waals surface area (Å²) in [5, 5.41) is 2.75. The van der Waals surface area contributed by atoms with Gasteiger partial charge in [-0.2, -0.15) is 0 Å². The predicted octanol–water partition coefficient (Wildman–Crippen LogP) is 3.37. The average Bonchev–Trinajstić information content (AvgIpc) is 2.73. The number of benzene rings is 2. The first-order valence-electron chi connectivity index (χ1n) is 9.90. The van der Waals surface area contributed by atoms with Crippen LogP contribution in [0, 0.1) is 6.92 Å². The highest BCUT2D eigenvalue weighted by molar-refractivity contribution is 7.89. The van der Waals surface area contributed by atoms with Crippen LogP contribution in [0.3, 0.4) is 0 Å². The fourth-order valence-electron chi connectivity index (χ4n) is 3.71. The van der Waals surface area contributed by atoms with Gasteiger partial charge in [-0.25, -0.2) is 13.1 Å². The summed E-state index contributed by atoms with van der Waals surface area (Å²) in [6, 6.07) is 14.9. The van der Waals surface area contributed by atoms with Gasteiger partial charge in [0.05, 0.1) is 4.90 Å². The zero-order chi connectivity index (χ0) is 20.9. The summed E-state index contributed by atoms with van der Waals surface area (Å²) in [5.41, 5.74) is 2.03. The molecule has 0 atom stereocenters. The van der Waals surface area contributed by atoms with Crippen LogP contribution in [0.2, 0.25) is 0 Å². The number of ether oxygens (including phenoxy) is 1. The predicted molar refractivity (Wildman–Crippen MR) is 113 cm³/mol. The van der Waals surface area contributed by atoms with Crippen molar-refractivity contribution in [2.45, 2.75) is 43.4 Å². The van der Waals surface area contributed by atoms with E-state index in [0.717, 1.165) is 18.4 Å². The summed E-state index contributed by atoms with van der Waals surface area (Å²) in [5.74, 6) is -0.109. The van der Waals surface area contributed by atoms with E-state index >= 15 is 0 Å². The highest BCUT2D eigenvalue weighted by atomic mass is 32.2. The molecular weight excluding hydrogens is 388 g/mol. The number of hydrogen-bond donors (Lipinski definition) is 2. The molecule has 6 nitrogen and oxygen atoms in total. The van der Waals surface area contributed by atoms with E-state index in [1.165, 1.54) is 0 Å². The third-order valence-corrected chi connectivity index (χ3v) is 7.07. The Balaban J connectivity index is 1.80. The highest BCUT2D eigenvalue weighted by Gasteiger charge is 2.35. The topological polar surface area (TPSA) is 84.5 Å². The molecule has 0 unspecified atom stereocenters. The maximum absolute atomic E-state index is 13.0. The Morgan fingerprint density at radius 3 is 2.41 bits per heavy atom. The third-order valence-electron chi connectivity index (χ3n) is 5.51. The molecule has 1 heterocycles. The first kappa shape index (κ1) is 21.5. The second-order valence-electron chi connectivity index (χ2n) is 7.47. The van der Waals surface area contributed by atoms with E-state index in [1.807, 2.05) is 18.2 Å². The lowest BCUT2D eigenvalue weighted by molar-refractivity contribution is -0.115. The van der Waals surface area contributed by atoms with E-state index in [-0.39, 0.29) is 16.2 Å². The number of rotatable bonds is 7. The van der Waals surface area contributed by atoms with E-state index in [0.29, 0.717) is 37.4 Å². The smallest absolute Gasteiger partial charge is 0.240 e. The summed E-state index contributed by atoms with van der Waals surface area (Å²) < 4.78 is 34.4. The van der Waals surface area contributed by atoms with Gasteiger partial charge in [-0.3, -0.25) is 4.79 Å². The van der Waals surface area contributed by atoms with Crippen molar-refractivity contribution in [3.8, 4) is 0 Å². The van der Waals surface area contributed by atoms with Gasteiger partial charge in [0, 0.05) is 37.3 Å². The van der Waals surface area contributed by atoms with Crippen LogP contribution in [0.25, 0.3) is 0 Å². The molecular formula is C22H28N2O4S. The van der Waals surface area contributed by atoms with Gasteiger partial charge in [-0.1, -0.05) is 37.3 Å². The van der Waals surface area contributed by atoms with Crippen LogP contribution >= 0.6 is 0 Å². The van der Waals surface area contributed by atoms with Crippen LogP contribution < -0.4 is 10.0 Å². The Bertz CT molecular complexity index is 952. The molecule has 2 aromatic carbocycles. The second kappa shape index (κ2) is 9.07. The quantitative estimate of drug-likeness (QED) is 0.725. The molecule has 1 amide bonds. The maximum atomic E-state index is 13.0. The molecule has 2 aromatic rings. The zero-order valence-electron chi connectivity index (χ0n) is 16.9. The number of aryl methyl sites for hydroxylation is 1. The first-order valence-corrected chi connectivity index (χ1v) is 11.4. The molecule has 0 aromatic heterocycles. The fourth-order valence-corrected chi connectivity index (χ4v) is 5.06. The van der Waals surface area contributed by atoms with Gasteiger partial charge in [0.2, 0.25) is 15.9 Å². The monoisotopic (exact) mass is 416 g/mol. The molecule has 1 saturated heterocycles. The molecule has 1 fully saturated rings. The largest absolute Gasteiger partial charge is 0.381 e. The van der Waals surface area contributed by atoms with Crippen molar-refractivity contribution < 1.29 is 17.9 Å². The molecule has 0 bridgehead atoms. The SMILES string of the molecule is CCC(=O)Nc1ccc(S(=O)(=O)NCC2(c3ccccc3)CCOCC2)c(C)c1. The Morgan fingerprint density at radius 1 is 1.10 bits per heavy atom. The van der Waals surface area contributed by atoms with Gasteiger partial charge in [-0.15, -0.1) is 0 Å². The van der Waals surface area contributed by atoms with Crippen molar-refractivity contribution in [2.75, 3.05) is 25.1 Å². The molecule has 7 heteroatoms. The summed E-state index contributed by atoms with van der Waals surface area (Å²) in [4.78, 5) is 11.8. The van der Waals surface area contributed by atoms with E-state index in [1.54, 1.807) is 32.0 Å². The lowest BCUT2D eigenvalue weighted by Gasteiger charge is -2.38. The Hall–Kier alpha value is -2.22. The number of amides is 1. The summed E-state index contributed by atoms with van der Waals surface area (Å²) >= 11 is 0. The van der Waals surface area contributed by atoms with Crippen LogP contribution in [0.1, 0.15) is 37.3 Å². The number of carbonyl (C=O) groups is 1. The van der Waals surface area contributed by atoms with Gasteiger partial charge >= 0.3 is 0 Å². The molecule has 29 heavy (non-hydrogen) atoms. The van der Waals surface area contributed by atoms with Gasteiger partial charge in [0.1, 0.15) is 0 Å². The van der Waals surface area contributed by atoms with Gasteiger partial charge in [0.25, 0.3) is 0 Å². The van der Waals surface area contributed by atoms with Crippen LogP contribution in [0.4, 0.5) is 5.69 Å². The molecule has 0 saturated carbocycles. The van der Waals surface area contributed by atoms with E-state index in [4.69, 9.17) is 4.74 Å². The van der Waals surface area contributed by atoms with Gasteiger partial charge < -0.3 is 10.1 Å². The van der Waals surface area contributed by atoms with E-state index in [9.17, 15) is 13.2 Å². The van der Waals surface area contributed by atoms with Crippen LogP contribution in [0.15, 0.2) is 53.4 Å². The summed E-state index contributed by atoms with van der Waals surface area (Å²) in [6.07, 6.45) is 1.90. The fraction of sp³-hybridized carbons (Fsp3) is 0.409. The molecule has 3 rings (SSSR count). The molecule has 1 aliphatic rings. The van der Waals surface area contributed by atoms with Gasteiger partial charge in [-0.05, 0) is 49.1 Å². The second-order valence-corrected chi connectivity index (χ2v) is 9.20. The summed E-state index contributed by atoms with van der Waals surface area (Å²) in [6.45, 7) is 5.04. The average molecular weight is 417 g/mol. The minimum Gasteiger partial charge on any atom is -0.381 e. The number of nitrogens with one attached hydrogen (secondary N) is 2. The van der Waals surface area contributed by atoms with Crippen LogP contribution in [-0.2, 0) is 25.0 Å². The van der Waals surface area contributed by atoms with Crippen molar-refractivity contribution in [3.05, 3.63) is 59.7 Å². The molecule has 2 N–H and O–H groups in total. The van der Waals surface area contributed by atoms with Crippen molar-refractivity contribution in [1.29, 1.82) is 0 Å². The van der Waals surface area contributed by atoms with Crippen molar-refractivity contribution in [2.24, 2.45) is 0 Å². The van der Waals surface area contributed by atoms with E-state index < -0.39 is 10.0 Å². The van der Waals surface area contributed by atoms with E-state index in [2.05, 4.69) is 22.2 Å². The zero-order valence-corrected chi connectivity index (χ0v) is 17.7. The number of carbonyl (C=O) groups excluding carboxylic acids is 1. The number of anilines is 1. The standard InChI is InChI=1S/C22H28N2O4S/c1-3-21(25)24-19-9-10-20(17(2)15-19)29(26,27)23-16-22(11-13-28-14-12-22)18-7-5-4-6-8-18/h4-10,15,23H,3,11-14,16H2,1-2H3,(H,24,25). The molecule has 1 aliphatic heterocycles. The molecule has 156 valence electrons. The third kappa shape index (κ3) is 5.04. The minimum absolute atomic E-state index is 0.109. The van der Waals surface area contributed by atoms with Crippen LogP contribution in [0.5, 0.6) is 0 Å². The Kier molecular flexibility index (Phi) is 6.72. The maximum Gasteiger partial charge on any atom is 0.240 e. The Morgan fingerprint density at radius 2 is 1.79 bits per heavy atom. The Labute approximate surface area is 172 Å². The van der Waals surface area contributed by atoms with Gasteiger partial charge in [0.15, 0.2) is 0 Å². The highest BCUT2D eigenvalue weighted by Crippen LogP contribution is 2.34. The minimum atomic E-state index is -3.69. The van der Waals surface area contributed by atoms with Crippen molar-refractivity contribution >= 4 is 21.6 Å². The molecule has 0 spiro atoms. The first-order chi connectivity index (χ1) is 13.9. The van der Waals surface area contributed by atoms with Crippen molar-refractivity contribution in [3.63, 3.8) is 0 Å². The number of sulfonamides is 1. The lowest BCUT2D eigenvalue weighted by Crippen LogP contribution is -2.44. The molecule has 0 radical (unpaired) electrons. The summed E-state index contributed by atoms with van der Waals surface area (Å²) in [7, 11) is -3.69. The normalized spacial score (nSPS) is 16.3. The van der Waals surface area contributed by atoms with Crippen molar-refractivity contribution in [1.82, 2.24) is 4.72 Å². The lowest BCUT2D eigenvalue weighted by atomic mass is 9.74. The molecule has 0 aliphatic carbocycles. The number of hydrogen-bond acceptors (Lipinski definition) is 4. The van der Waals surface area contributed by atoms with Crippen LogP contribution in [-0.4, -0.2) is 34.1 Å².